The zero-order valence-corrected chi connectivity index (χ0v) is 9.13. The smallest absolute Gasteiger partial charge is 0.185 e. The van der Waals surface area contributed by atoms with E-state index in [1.165, 1.54) is 4.88 Å². The molecule has 0 saturated carbocycles. The van der Waals surface area contributed by atoms with Gasteiger partial charge in [-0.25, -0.2) is 5.43 Å². The number of thiophene rings is 1. The van der Waals surface area contributed by atoms with Crippen molar-refractivity contribution < 1.29 is 0 Å². The van der Waals surface area contributed by atoms with Gasteiger partial charge >= 0.3 is 0 Å². The van der Waals surface area contributed by atoms with E-state index in [9.17, 15) is 0 Å². The van der Waals surface area contributed by atoms with E-state index in [1.54, 1.807) is 11.3 Å². The second-order valence-corrected chi connectivity index (χ2v) is 4.54. The Hall–Kier alpha value is -0.650. The number of hydrogen-bond donors (Lipinski definition) is 2. The number of nitrogens with one attached hydrogen (secondary N) is 2. The van der Waals surface area contributed by atoms with Crippen LogP contribution in [-0.4, -0.2) is 17.2 Å². The molecule has 2 rings (SSSR count). The molecular formula is C8H11N3S2. The van der Waals surface area contributed by atoms with E-state index in [4.69, 9.17) is 12.2 Å². The molecule has 0 aliphatic carbocycles. The summed E-state index contributed by atoms with van der Waals surface area (Å²) in [4.78, 5) is 1.24. The van der Waals surface area contributed by atoms with Gasteiger partial charge in [-0.15, -0.1) is 11.3 Å². The molecule has 1 atom stereocenters. The highest BCUT2D eigenvalue weighted by molar-refractivity contribution is 7.80. The molecule has 0 bridgehead atoms. The molecule has 13 heavy (non-hydrogen) atoms. The molecule has 0 radical (unpaired) electrons. The van der Waals surface area contributed by atoms with Gasteiger partial charge in [0, 0.05) is 11.9 Å². The predicted octanol–water partition coefficient (Wildman–Crippen LogP) is 1.25. The Bertz CT molecular complexity index is 322. The van der Waals surface area contributed by atoms with Gasteiger partial charge in [0.2, 0.25) is 0 Å². The van der Waals surface area contributed by atoms with Crippen LogP contribution in [0.25, 0.3) is 0 Å². The fourth-order valence-electron chi connectivity index (χ4n) is 1.39. The van der Waals surface area contributed by atoms with E-state index < -0.39 is 0 Å². The highest BCUT2D eigenvalue weighted by Gasteiger charge is 2.36. The summed E-state index contributed by atoms with van der Waals surface area (Å²) >= 11 is 6.83. The molecule has 70 valence electrons. The summed E-state index contributed by atoms with van der Waals surface area (Å²) in [6, 6.07) is 4.13. The van der Waals surface area contributed by atoms with Crippen molar-refractivity contribution in [2.45, 2.75) is 12.6 Å². The first-order valence-corrected chi connectivity index (χ1v) is 5.28. The fraction of sp³-hybridized carbons (Fsp3) is 0.375. The molecule has 1 aliphatic rings. The molecule has 1 aliphatic heterocycles. The Labute approximate surface area is 86.7 Å². The lowest BCUT2D eigenvalue weighted by Gasteiger charge is -2.22. The van der Waals surface area contributed by atoms with Crippen LogP contribution in [0.1, 0.15) is 11.8 Å². The van der Waals surface area contributed by atoms with E-state index >= 15 is 0 Å². The van der Waals surface area contributed by atoms with E-state index in [1.807, 2.05) is 18.1 Å². The molecule has 5 heteroatoms. The Balaban J connectivity index is 2.29. The van der Waals surface area contributed by atoms with Crippen LogP contribution < -0.4 is 10.7 Å². The minimum absolute atomic E-state index is 0.236. The van der Waals surface area contributed by atoms with Gasteiger partial charge in [0.15, 0.2) is 5.11 Å². The first kappa shape index (κ1) is 8.93. The van der Waals surface area contributed by atoms with Crippen LogP contribution in [0.4, 0.5) is 0 Å². The highest BCUT2D eigenvalue weighted by atomic mass is 32.1. The molecule has 3 nitrogen and oxygen atoms in total. The third kappa shape index (κ3) is 1.43. The number of rotatable bonds is 1. The van der Waals surface area contributed by atoms with Gasteiger partial charge in [-0.2, -0.15) is 0 Å². The molecule has 0 spiro atoms. The second-order valence-electron chi connectivity index (χ2n) is 3.20. The lowest BCUT2D eigenvalue weighted by atomic mass is 10.2. The van der Waals surface area contributed by atoms with E-state index in [0.717, 1.165) is 5.11 Å². The average Bonchev–Trinajstić information content (AvgIpc) is 2.61. The number of nitrogens with zero attached hydrogens (tertiary/aromatic N) is 1. The molecule has 1 aromatic heterocycles. The van der Waals surface area contributed by atoms with Crippen molar-refractivity contribution >= 4 is 28.7 Å². The maximum atomic E-state index is 5.12. The zero-order valence-electron chi connectivity index (χ0n) is 7.50. The van der Waals surface area contributed by atoms with Crippen molar-refractivity contribution in [2.75, 3.05) is 7.05 Å². The molecule has 1 fully saturated rings. The largest absolute Gasteiger partial charge is 0.338 e. The summed E-state index contributed by atoms with van der Waals surface area (Å²) in [6.07, 6.45) is 0. The van der Waals surface area contributed by atoms with Gasteiger partial charge in [-0.05, 0) is 30.6 Å². The normalized spacial score (nSPS) is 27.8. The van der Waals surface area contributed by atoms with Crippen molar-refractivity contribution in [1.82, 2.24) is 15.8 Å². The Kier molecular flexibility index (Phi) is 2.02. The number of thiocarbonyl (C=S) groups is 1. The topological polar surface area (TPSA) is 27.3 Å². The third-order valence-corrected chi connectivity index (χ3v) is 3.53. The van der Waals surface area contributed by atoms with Crippen LogP contribution in [0.15, 0.2) is 17.5 Å². The van der Waals surface area contributed by atoms with Crippen molar-refractivity contribution in [3.05, 3.63) is 22.4 Å². The van der Waals surface area contributed by atoms with Crippen LogP contribution in [0.2, 0.25) is 0 Å². The van der Waals surface area contributed by atoms with Gasteiger partial charge in [-0.1, -0.05) is 6.07 Å². The van der Waals surface area contributed by atoms with Gasteiger partial charge < -0.3 is 5.32 Å². The first-order valence-electron chi connectivity index (χ1n) is 3.99. The minimum Gasteiger partial charge on any atom is -0.338 e. The average molecular weight is 213 g/mol. The minimum atomic E-state index is -0.236. The van der Waals surface area contributed by atoms with Crippen LogP contribution in [0.5, 0.6) is 0 Å². The Morgan fingerprint density at radius 1 is 1.62 bits per heavy atom. The van der Waals surface area contributed by atoms with Crippen LogP contribution in [-0.2, 0) is 5.66 Å². The zero-order chi connectivity index (χ0) is 9.47. The molecular weight excluding hydrogens is 202 g/mol. The summed E-state index contributed by atoms with van der Waals surface area (Å²) < 4.78 is 0. The Morgan fingerprint density at radius 3 is 2.85 bits per heavy atom. The Morgan fingerprint density at radius 2 is 2.38 bits per heavy atom. The van der Waals surface area contributed by atoms with Crippen molar-refractivity contribution in [3.8, 4) is 0 Å². The molecule has 1 saturated heterocycles. The maximum absolute atomic E-state index is 5.12. The fourth-order valence-corrected chi connectivity index (χ4v) is 2.43. The van der Waals surface area contributed by atoms with E-state index in [-0.39, 0.29) is 5.66 Å². The summed E-state index contributed by atoms with van der Waals surface area (Å²) in [7, 11) is 1.91. The quantitative estimate of drug-likeness (QED) is 0.687. The summed E-state index contributed by atoms with van der Waals surface area (Å²) in [5.74, 6) is 0. The van der Waals surface area contributed by atoms with Gasteiger partial charge in [0.25, 0.3) is 0 Å². The highest BCUT2D eigenvalue weighted by Crippen LogP contribution is 2.25. The van der Waals surface area contributed by atoms with Crippen LogP contribution in [0.3, 0.4) is 0 Å². The predicted molar refractivity (Wildman–Crippen MR) is 58.3 cm³/mol. The third-order valence-electron chi connectivity index (χ3n) is 2.07. The number of hydrogen-bond acceptors (Lipinski definition) is 3. The van der Waals surface area contributed by atoms with Crippen molar-refractivity contribution in [3.63, 3.8) is 0 Å². The molecule has 1 unspecified atom stereocenters. The second kappa shape index (κ2) is 2.94. The van der Waals surface area contributed by atoms with Crippen molar-refractivity contribution in [1.29, 1.82) is 0 Å². The SMILES string of the molecule is CN1NC(C)(c2cccs2)NC1=S. The standard InChI is InChI=1S/C8H11N3S2/c1-8(6-4-3-5-13-6)9-7(12)11(2)10-8/h3-5,10H,1-2H3,(H,9,12). The molecule has 1 aromatic rings. The molecule has 2 heterocycles. The van der Waals surface area contributed by atoms with E-state index in [2.05, 4.69) is 29.1 Å². The maximum Gasteiger partial charge on any atom is 0.185 e. The molecule has 2 N–H and O–H groups in total. The molecule has 0 aromatic carbocycles. The first-order chi connectivity index (χ1) is 6.12. The summed E-state index contributed by atoms with van der Waals surface area (Å²) in [5, 5.41) is 7.86. The van der Waals surface area contributed by atoms with E-state index in [0.29, 0.717) is 0 Å². The van der Waals surface area contributed by atoms with Gasteiger partial charge in [0.1, 0.15) is 5.66 Å². The monoisotopic (exact) mass is 213 g/mol. The van der Waals surface area contributed by atoms with Gasteiger partial charge in [0.05, 0.1) is 0 Å². The summed E-state index contributed by atoms with van der Waals surface area (Å²) in [6.45, 7) is 2.08. The van der Waals surface area contributed by atoms with Crippen LogP contribution >= 0.6 is 23.6 Å². The summed E-state index contributed by atoms with van der Waals surface area (Å²) in [5.41, 5.74) is 3.04. The lowest BCUT2D eigenvalue weighted by molar-refractivity contribution is 0.271. The van der Waals surface area contributed by atoms with Gasteiger partial charge in [-0.3, -0.25) is 5.01 Å². The molecule has 0 amide bonds. The van der Waals surface area contributed by atoms with Crippen molar-refractivity contribution in [2.24, 2.45) is 0 Å². The number of hydrazine groups is 1. The lowest BCUT2D eigenvalue weighted by Crippen LogP contribution is -2.44. The van der Waals surface area contributed by atoms with Crippen LogP contribution in [0, 0.1) is 0 Å².